The van der Waals surface area contributed by atoms with Crippen molar-refractivity contribution in [2.24, 2.45) is 0 Å². The molecule has 2 amide bonds. The number of amides is 2. The molecule has 27 heavy (non-hydrogen) atoms. The summed E-state index contributed by atoms with van der Waals surface area (Å²) in [6.45, 7) is -0.0727. The molecular formula is C17H10F3N3O4. The molecule has 3 aromatic rings. The Bertz CT molecular complexity index is 1090. The molecule has 0 atom stereocenters. The molecule has 10 heteroatoms. The first kappa shape index (κ1) is 17.0. The molecule has 7 nitrogen and oxygen atoms in total. The summed E-state index contributed by atoms with van der Waals surface area (Å²) < 4.78 is 43.9. The van der Waals surface area contributed by atoms with Crippen LogP contribution < -0.4 is 10.4 Å². The van der Waals surface area contributed by atoms with E-state index in [2.05, 4.69) is 4.98 Å². The standard InChI is InChI=1S/C17H10F3N3O4/c18-17(19,20)8-4-5-13-12(6-8)21-16(27-13)23-7-11-9(14(24)22-26)2-1-3-10(11)15(23)25/h1-6,26H,7H2,(H,22,24). The molecule has 2 aromatic carbocycles. The number of oxazole rings is 1. The molecule has 0 radical (unpaired) electrons. The molecule has 1 aromatic heterocycles. The quantitative estimate of drug-likeness (QED) is 0.528. The van der Waals surface area contributed by atoms with Crippen LogP contribution in [0.1, 0.15) is 31.8 Å². The maximum atomic E-state index is 12.8. The second-order valence-electron chi connectivity index (χ2n) is 5.84. The van der Waals surface area contributed by atoms with E-state index in [0.29, 0.717) is 5.56 Å². The van der Waals surface area contributed by atoms with Gasteiger partial charge in [-0.3, -0.25) is 19.7 Å². The zero-order valence-electron chi connectivity index (χ0n) is 13.4. The molecule has 0 aliphatic carbocycles. The third kappa shape index (κ3) is 2.70. The van der Waals surface area contributed by atoms with E-state index >= 15 is 0 Å². The van der Waals surface area contributed by atoms with E-state index in [1.54, 1.807) is 0 Å². The number of carbonyl (C=O) groups excluding carboxylic acids is 2. The highest BCUT2D eigenvalue weighted by Gasteiger charge is 2.35. The number of hydrogen-bond donors (Lipinski definition) is 2. The minimum Gasteiger partial charge on any atom is -0.423 e. The van der Waals surface area contributed by atoms with Gasteiger partial charge < -0.3 is 4.42 Å². The average molecular weight is 377 g/mol. The molecule has 1 aliphatic heterocycles. The smallest absolute Gasteiger partial charge is 0.416 e. The van der Waals surface area contributed by atoms with E-state index in [-0.39, 0.29) is 34.8 Å². The largest absolute Gasteiger partial charge is 0.423 e. The van der Waals surface area contributed by atoms with Crippen LogP contribution in [0.4, 0.5) is 19.2 Å². The molecule has 0 spiro atoms. The third-order valence-corrected chi connectivity index (χ3v) is 4.25. The molecule has 2 heterocycles. The van der Waals surface area contributed by atoms with Crippen LogP contribution in [0.2, 0.25) is 0 Å². The lowest BCUT2D eigenvalue weighted by Crippen LogP contribution is -2.23. The van der Waals surface area contributed by atoms with Crippen molar-refractivity contribution in [1.29, 1.82) is 0 Å². The Kier molecular flexibility index (Phi) is 3.67. The van der Waals surface area contributed by atoms with Gasteiger partial charge in [0.05, 0.1) is 12.1 Å². The van der Waals surface area contributed by atoms with E-state index in [1.807, 2.05) is 0 Å². The van der Waals surface area contributed by atoms with Gasteiger partial charge in [-0.1, -0.05) is 6.07 Å². The van der Waals surface area contributed by atoms with E-state index in [9.17, 15) is 22.8 Å². The predicted molar refractivity (Wildman–Crippen MR) is 85.2 cm³/mol. The highest BCUT2D eigenvalue weighted by Crippen LogP contribution is 2.35. The summed E-state index contributed by atoms with van der Waals surface area (Å²) in [6.07, 6.45) is -4.53. The molecule has 2 N–H and O–H groups in total. The van der Waals surface area contributed by atoms with Gasteiger partial charge in [-0.2, -0.15) is 18.2 Å². The van der Waals surface area contributed by atoms with Crippen molar-refractivity contribution >= 4 is 28.9 Å². The van der Waals surface area contributed by atoms with Gasteiger partial charge >= 0.3 is 12.2 Å². The van der Waals surface area contributed by atoms with Gasteiger partial charge in [0.25, 0.3) is 11.8 Å². The topological polar surface area (TPSA) is 95.7 Å². The average Bonchev–Trinajstić information content (AvgIpc) is 3.20. The van der Waals surface area contributed by atoms with Gasteiger partial charge in [-0.25, -0.2) is 5.48 Å². The van der Waals surface area contributed by atoms with Gasteiger partial charge in [-0.05, 0) is 35.9 Å². The van der Waals surface area contributed by atoms with Crippen molar-refractivity contribution in [3.8, 4) is 0 Å². The number of aromatic nitrogens is 1. The number of alkyl halides is 3. The number of anilines is 1. The maximum absolute atomic E-state index is 12.8. The Balaban J connectivity index is 1.74. The number of nitrogens with zero attached hydrogens (tertiary/aromatic N) is 2. The Morgan fingerprint density at radius 2 is 2.04 bits per heavy atom. The lowest BCUT2D eigenvalue weighted by atomic mass is 10.0. The molecule has 1 aliphatic rings. The molecular weight excluding hydrogens is 367 g/mol. The zero-order chi connectivity index (χ0) is 19.3. The van der Waals surface area contributed by atoms with Crippen LogP contribution >= 0.6 is 0 Å². The highest BCUT2D eigenvalue weighted by molar-refractivity contribution is 6.11. The number of rotatable bonds is 2. The number of benzene rings is 2. The molecule has 0 bridgehead atoms. The molecule has 4 rings (SSSR count). The lowest BCUT2D eigenvalue weighted by molar-refractivity contribution is -0.137. The molecule has 0 fully saturated rings. The Hall–Kier alpha value is -3.40. The summed E-state index contributed by atoms with van der Waals surface area (Å²) in [5, 5.41) is 8.83. The van der Waals surface area contributed by atoms with E-state index < -0.39 is 23.6 Å². The molecule has 138 valence electrons. The first-order valence-electron chi connectivity index (χ1n) is 7.65. The van der Waals surface area contributed by atoms with Gasteiger partial charge in [-0.15, -0.1) is 0 Å². The van der Waals surface area contributed by atoms with E-state index in [4.69, 9.17) is 9.62 Å². The van der Waals surface area contributed by atoms with Crippen molar-refractivity contribution in [3.63, 3.8) is 0 Å². The zero-order valence-corrected chi connectivity index (χ0v) is 13.4. The fraction of sp³-hybridized carbons (Fsp3) is 0.118. The number of fused-ring (bicyclic) bond motifs is 2. The van der Waals surface area contributed by atoms with Gasteiger partial charge in [0.15, 0.2) is 5.58 Å². The van der Waals surface area contributed by atoms with Crippen molar-refractivity contribution in [1.82, 2.24) is 10.5 Å². The monoisotopic (exact) mass is 377 g/mol. The van der Waals surface area contributed by atoms with Crippen molar-refractivity contribution in [2.75, 3.05) is 4.90 Å². The molecule has 0 saturated heterocycles. The van der Waals surface area contributed by atoms with Gasteiger partial charge in [0.2, 0.25) is 0 Å². The first-order chi connectivity index (χ1) is 12.8. The summed E-state index contributed by atoms with van der Waals surface area (Å²) in [4.78, 5) is 29.5. The summed E-state index contributed by atoms with van der Waals surface area (Å²) in [7, 11) is 0. The number of nitrogens with one attached hydrogen (secondary N) is 1. The fourth-order valence-corrected chi connectivity index (χ4v) is 2.97. The summed E-state index contributed by atoms with van der Waals surface area (Å²) in [5.74, 6) is -1.30. The van der Waals surface area contributed by atoms with Crippen LogP contribution in [-0.4, -0.2) is 22.0 Å². The van der Waals surface area contributed by atoms with Crippen LogP contribution in [-0.2, 0) is 12.7 Å². The second-order valence-corrected chi connectivity index (χ2v) is 5.84. The number of carbonyl (C=O) groups is 2. The number of hydroxylamine groups is 1. The van der Waals surface area contributed by atoms with Crippen molar-refractivity contribution < 1.29 is 32.4 Å². The third-order valence-electron chi connectivity index (χ3n) is 4.25. The van der Waals surface area contributed by atoms with Crippen LogP contribution in [0, 0.1) is 0 Å². The normalized spacial score (nSPS) is 13.9. The Morgan fingerprint density at radius 3 is 2.74 bits per heavy atom. The first-order valence-corrected chi connectivity index (χ1v) is 7.65. The SMILES string of the molecule is O=C(NO)c1cccc2c1CN(c1nc3cc(C(F)(F)F)ccc3o1)C2=O. The van der Waals surface area contributed by atoms with Crippen molar-refractivity contribution in [3.05, 3.63) is 58.7 Å². The minimum absolute atomic E-state index is 0.0445. The van der Waals surface area contributed by atoms with Crippen LogP contribution in [0.15, 0.2) is 40.8 Å². The van der Waals surface area contributed by atoms with Gasteiger partial charge in [0, 0.05) is 11.1 Å². The predicted octanol–water partition coefficient (Wildman–Crippen LogP) is 3.13. The number of hydrogen-bond acceptors (Lipinski definition) is 5. The van der Waals surface area contributed by atoms with E-state index in [1.165, 1.54) is 23.7 Å². The minimum atomic E-state index is -4.53. The van der Waals surface area contributed by atoms with Crippen LogP contribution in [0.5, 0.6) is 0 Å². The summed E-state index contributed by atoms with van der Waals surface area (Å²) in [6, 6.07) is 7.06. The lowest BCUT2D eigenvalue weighted by Gasteiger charge is -2.09. The van der Waals surface area contributed by atoms with Crippen LogP contribution in [0.3, 0.4) is 0 Å². The van der Waals surface area contributed by atoms with Gasteiger partial charge in [0.1, 0.15) is 5.52 Å². The maximum Gasteiger partial charge on any atom is 0.416 e. The number of halogens is 3. The Labute approximate surface area is 149 Å². The summed E-state index contributed by atoms with van der Waals surface area (Å²) >= 11 is 0. The highest BCUT2D eigenvalue weighted by atomic mass is 19.4. The van der Waals surface area contributed by atoms with Crippen molar-refractivity contribution in [2.45, 2.75) is 12.7 Å². The van der Waals surface area contributed by atoms with E-state index in [0.717, 1.165) is 23.1 Å². The molecule has 0 unspecified atom stereocenters. The van der Waals surface area contributed by atoms with Crippen LogP contribution in [0.25, 0.3) is 11.1 Å². The molecule has 0 saturated carbocycles. The Morgan fingerprint density at radius 1 is 1.26 bits per heavy atom. The fourth-order valence-electron chi connectivity index (χ4n) is 2.97. The second kappa shape index (κ2) is 5.81. The summed E-state index contributed by atoms with van der Waals surface area (Å²) in [5.41, 5.74) is 1.34.